The van der Waals surface area contributed by atoms with Crippen LogP contribution < -0.4 is 5.32 Å². The van der Waals surface area contributed by atoms with E-state index >= 15 is 0 Å². The molecule has 0 radical (unpaired) electrons. The van der Waals surface area contributed by atoms with Gasteiger partial charge in [-0.15, -0.1) is 0 Å². The summed E-state index contributed by atoms with van der Waals surface area (Å²) in [6, 6.07) is 6.37. The fraction of sp³-hybridized carbons (Fsp3) is 0.333. The fourth-order valence-electron chi connectivity index (χ4n) is 3.10. The van der Waals surface area contributed by atoms with Crippen LogP contribution in [0.1, 0.15) is 48.1 Å². The maximum atomic E-state index is 12.4. The largest absolute Gasteiger partial charge is 0.508 e. The van der Waals surface area contributed by atoms with E-state index in [2.05, 4.69) is 22.4 Å². The molecule has 0 fully saturated rings. The number of aromatic hydroxyl groups is 1. The monoisotopic (exact) mass is 412 g/mol. The third-order valence-electron chi connectivity index (χ3n) is 4.75. The molecule has 0 spiro atoms. The Balaban J connectivity index is 1.64. The Bertz CT molecular complexity index is 1040. The highest BCUT2D eigenvalue weighted by Gasteiger charge is 2.20. The van der Waals surface area contributed by atoms with E-state index in [-0.39, 0.29) is 35.7 Å². The van der Waals surface area contributed by atoms with Crippen LogP contribution in [0.3, 0.4) is 0 Å². The molecule has 0 saturated carbocycles. The second-order valence-electron chi connectivity index (χ2n) is 6.96. The Kier molecular flexibility index (Phi) is 6.51. The average Bonchev–Trinajstić information content (AvgIpc) is 3.30. The van der Waals surface area contributed by atoms with Gasteiger partial charge in [0, 0.05) is 36.8 Å². The number of phenols is 1. The number of amides is 1. The number of nitrogens with zero attached hydrogens (tertiary/aromatic N) is 3. The third-order valence-corrected chi connectivity index (χ3v) is 4.75. The van der Waals surface area contributed by atoms with Gasteiger partial charge in [0.1, 0.15) is 11.3 Å². The van der Waals surface area contributed by atoms with E-state index in [0.29, 0.717) is 29.5 Å². The highest BCUT2D eigenvalue weighted by atomic mass is 16.5. The van der Waals surface area contributed by atoms with Gasteiger partial charge in [-0.25, -0.2) is 4.79 Å². The zero-order chi connectivity index (χ0) is 21.7. The lowest BCUT2D eigenvalue weighted by molar-refractivity contribution is -0.116. The van der Waals surface area contributed by atoms with Gasteiger partial charge < -0.3 is 24.6 Å². The molecule has 0 bridgehead atoms. The number of carboxylic acid groups (broad SMARTS) is 1. The van der Waals surface area contributed by atoms with Crippen molar-refractivity contribution in [2.75, 3.05) is 5.32 Å². The molecule has 158 valence electrons. The van der Waals surface area contributed by atoms with Crippen molar-refractivity contribution in [3.63, 3.8) is 0 Å². The number of phenolic OH excluding ortho intramolecular Hbond substituents is 1. The summed E-state index contributed by atoms with van der Waals surface area (Å²) < 4.78 is 7.03. The van der Waals surface area contributed by atoms with Crippen LogP contribution in [0.2, 0.25) is 0 Å². The summed E-state index contributed by atoms with van der Waals surface area (Å²) in [6.45, 7) is 4.49. The molecular formula is C21H24N4O5. The number of carbonyl (C=O) groups is 2. The first-order valence-corrected chi connectivity index (χ1v) is 9.74. The first-order chi connectivity index (χ1) is 14.4. The molecule has 0 atom stereocenters. The van der Waals surface area contributed by atoms with E-state index in [9.17, 15) is 19.8 Å². The molecule has 0 aliphatic carbocycles. The van der Waals surface area contributed by atoms with E-state index in [1.54, 1.807) is 25.3 Å². The van der Waals surface area contributed by atoms with E-state index < -0.39 is 5.97 Å². The SMILES string of the molecule is CCCCn1cc(NC(=O)CCc2nc(-c3ccc(O)cc3)no2)c(C(=O)O)c1C. The minimum atomic E-state index is -1.08. The topological polar surface area (TPSA) is 130 Å². The van der Waals surface area contributed by atoms with Crippen LogP contribution >= 0.6 is 0 Å². The predicted octanol–water partition coefficient (Wildman–Crippen LogP) is 3.62. The van der Waals surface area contributed by atoms with Crippen molar-refractivity contribution in [3.8, 4) is 17.1 Å². The maximum absolute atomic E-state index is 12.4. The van der Waals surface area contributed by atoms with Crippen molar-refractivity contribution in [2.24, 2.45) is 0 Å². The summed E-state index contributed by atoms with van der Waals surface area (Å²) in [5, 5.41) is 25.4. The van der Waals surface area contributed by atoms with Crippen LogP contribution in [-0.4, -0.2) is 36.8 Å². The van der Waals surface area contributed by atoms with E-state index in [4.69, 9.17) is 4.52 Å². The smallest absolute Gasteiger partial charge is 0.339 e. The van der Waals surface area contributed by atoms with Crippen LogP contribution in [0.25, 0.3) is 11.4 Å². The Morgan fingerprint density at radius 1 is 1.23 bits per heavy atom. The second-order valence-corrected chi connectivity index (χ2v) is 6.96. The number of anilines is 1. The van der Waals surface area contributed by atoms with Gasteiger partial charge in [0.05, 0.1) is 5.69 Å². The molecule has 30 heavy (non-hydrogen) atoms. The highest BCUT2D eigenvalue weighted by Crippen LogP contribution is 2.24. The number of carbonyl (C=O) groups excluding carboxylic acids is 1. The normalized spacial score (nSPS) is 10.9. The molecule has 0 unspecified atom stereocenters. The van der Waals surface area contributed by atoms with Gasteiger partial charge >= 0.3 is 5.97 Å². The number of hydrogen-bond donors (Lipinski definition) is 3. The molecule has 3 rings (SSSR count). The molecule has 2 aromatic heterocycles. The van der Waals surface area contributed by atoms with Gasteiger partial charge in [0.2, 0.25) is 17.6 Å². The number of aryl methyl sites for hydroxylation is 2. The van der Waals surface area contributed by atoms with Crippen LogP contribution in [-0.2, 0) is 17.8 Å². The fourth-order valence-corrected chi connectivity index (χ4v) is 3.10. The molecule has 0 aliphatic rings. The van der Waals surface area contributed by atoms with Gasteiger partial charge in [0.15, 0.2) is 0 Å². The minimum absolute atomic E-state index is 0.0649. The van der Waals surface area contributed by atoms with Crippen molar-refractivity contribution in [1.29, 1.82) is 0 Å². The van der Waals surface area contributed by atoms with E-state index in [1.165, 1.54) is 12.1 Å². The molecule has 0 aliphatic heterocycles. The van der Waals surface area contributed by atoms with Gasteiger partial charge in [-0.05, 0) is 37.6 Å². The third kappa shape index (κ3) is 4.86. The average molecular weight is 412 g/mol. The van der Waals surface area contributed by atoms with Crippen LogP contribution in [0.5, 0.6) is 5.75 Å². The molecule has 1 aromatic carbocycles. The van der Waals surface area contributed by atoms with Crippen LogP contribution in [0, 0.1) is 6.92 Å². The second kappa shape index (κ2) is 9.25. The Labute approximate surface area is 173 Å². The number of hydrogen-bond acceptors (Lipinski definition) is 6. The number of aromatic carboxylic acids is 1. The molecule has 0 saturated heterocycles. The zero-order valence-electron chi connectivity index (χ0n) is 16.9. The van der Waals surface area contributed by atoms with Gasteiger partial charge in [-0.1, -0.05) is 18.5 Å². The number of nitrogens with one attached hydrogen (secondary N) is 1. The first-order valence-electron chi connectivity index (χ1n) is 9.74. The summed E-state index contributed by atoms with van der Waals surface area (Å²) in [4.78, 5) is 28.3. The van der Waals surface area contributed by atoms with Crippen LogP contribution in [0.4, 0.5) is 5.69 Å². The number of unbranched alkanes of at least 4 members (excludes halogenated alkanes) is 1. The summed E-state index contributed by atoms with van der Waals surface area (Å²) in [7, 11) is 0. The Morgan fingerprint density at radius 3 is 2.63 bits per heavy atom. The number of aromatic nitrogens is 3. The van der Waals surface area contributed by atoms with Crippen molar-refractivity contribution >= 4 is 17.6 Å². The van der Waals surface area contributed by atoms with Gasteiger partial charge in [-0.3, -0.25) is 4.79 Å². The van der Waals surface area contributed by atoms with Crippen molar-refractivity contribution in [2.45, 2.75) is 46.1 Å². The summed E-state index contributed by atoms with van der Waals surface area (Å²) in [5.74, 6) is -0.618. The lowest BCUT2D eigenvalue weighted by Crippen LogP contribution is -2.14. The molecule has 9 nitrogen and oxygen atoms in total. The number of carboxylic acids is 1. The minimum Gasteiger partial charge on any atom is -0.508 e. The molecule has 1 amide bonds. The van der Waals surface area contributed by atoms with E-state index in [1.807, 2.05) is 4.57 Å². The summed E-state index contributed by atoms with van der Waals surface area (Å²) in [5.41, 5.74) is 1.69. The molecular weight excluding hydrogens is 388 g/mol. The van der Waals surface area contributed by atoms with Crippen molar-refractivity contribution in [1.82, 2.24) is 14.7 Å². The number of benzene rings is 1. The predicted molar refractivity (Wildman–Crippen MR) is 109 cm³/mol. The van der Waals surface area contributed by atoms with Gasteiger partial charge in [0.25, 0.3) is 0 Å². The van der Waals surface area contributed by atoms with Crippen LogP contribution in [0.15, 0.2) is 35.0 Å². The Hall–Kier alpha value is -3.62. The molecule has 3 N–H and O–H groups in total. The molecule has 2 heterocycles. The van der Waals surface area contributed by atoms with E-state index in [0.717, 1.165) is 12.8 Å². The summed E-state index contributed by atoms with van der Waals surface area (Å²) in [6.07, 6.45) is 3.85. The van der Waals surface area contributed by atoms with Crippen molar-refractivity contribution in [3.05, 3.63) is 47.6 Å². The van der Waals surface area contributed by atoms with Crippen molar-refractivity contribution < 1.29 is 24.3 Å². The Morgan fingerprint density at radius 2 is 1.97 bits per heavy atom. The lowest BCUT2D eigenvalue weighted by Gasteiger charge is -2.04. The van der Waals surface area contributed by atoms with Gasteiger partial charge in [-0.2, -0.15) is 4.98 Å². The molecule has 3 aromatic rings. The lowest BCUT2D eigenvalue weighted by atomic mass is 10.2. The maximum Gasteiger partial charge on any atom is 0.339 e. The highest BCUT2D eigenvalue weighted by molar-refractivity contribution is 6.01. The number of rotatable bonds is 9. The standard InChI is InChI=1S/C21H24N4O5/c1-3-4-11-25-12-16(19(13(25)2)21(28)29)22-17(27)9-10-18-23-20(24-30-18)14-5-7-15(26)8-6-14/h5-8,12,26H,3-4,9-11H2,1-2H3,(H,22,27)(H,28,29). The molecule has 9 heteroatoms. The quantitative estimate of drug-likeness (QED) is 0.489. The summed E-state index contributed by atoms with van der Waals surface area (Å²) >= 11 is 0. The first kappa shape index (κ1) is 21.1. The zero-order valence-corrected chi connectivity index (χ0v) is 16.9.